The van der Waals surface area contributed by atoms with Crippen LogP contribution in [0.3, 0.4) is 0 Å². The van der Waals surface area contributed by atoms with Crippen molar-refractivity contribution in [2.45, 2.75) is 41.5 Å². The average Bonchev–Trinajstić information content (AvgIpc) is 2.35. The average molecular weight is 409 g/mol. The molecule has 3 heteroatoms. The zero-order chi connectivity index (χ0) is 16.6. The van der Waals surface area contributed by atoms with Gasteiger partial charge in [0, 0.05) is 22.3 Å². The zero-order valence-corrected chi connectivity index (χ0v) is 16.1. The van der Waals surface area contributed by atoms with Crippen LogP contribution in [0, 0.1) is 48.7 Å². The van der Waals surface area contributed by atoms with E-state index in [9.17, 15) is 9.90 Å². The van der Waals surface area contributed by atoms with Crippen LogP contribution < -0.4 is 21.2 Å². The number of aromatic carboxylic acids is 1. The molecule has 0 aliphatic carbocycles. The molecule has 0 fully saturated rings. The molecule has 0 amide bonds. The van der Waals surface area contributed by atoms with Crippen molar-refractivity contribution in [2.24, 2.45) is 0 Å². The molecule has 2 rings (SSSR count). The SMILES string of the molecule is Cc1cc(C)c([I+]c2c(C)cc(C)c(C(=O)O)c2C)c(C)c1. The molecule has 116 valence electrons. The molecule has 0 aliphatic heterocycles. The summed E-state index contributed by atoms with van der Waals surface area (Å²) in [6.45, 7) is 12.4. The molecule has 0 bridgehead atoms. The first-order valence-electron chi connectivity index (χ1n) is 7.29. The molecule has 2 aromatic rings. The lowest BCUT2D eigenvalue weighted by molar-refractivity contribution is -0.600. The Bertz CT molecular complexity index is 738. The fourth-order valence-corrected chi connectivity index (χ4v) is 6.00. The van der Waals surface area contributed by atoms with Gasteiger partial charge in [0.2, 0.25) is 3.57 Å². The van der Waals surface area contributed by atoms with Gasteiger partial charge in [0.1, 0.15) is 0 Å². The summed E-state index contributed by atoms with van der Waals surface area (Å²) >= 11 is -0.389. The molecule has 0 spiro atoms. The van der Waals surface area contributed by atoms with E-state index in [1.165, 1.54) is 29.4 Å². The van der Waals surface area contributed by atoms with Gasteiger partial charge in [-0.2, -0.15) is 0 Å². The Hall–Kier alpha value is -1.36. The lowest BCUT2D eigenvalue weighted by atomic mass is 10.0. The smallest absolute Gasteiger partial charge is 0.359 e. The predicted molar refractivity (Wildman–Crippen MR) is 85.7 cm³/mol. The van der Waals surface area contributed by atoms with Gasteiger partial charge in [-0.25, -0.2) is 4.79 Å². The number of carboxylic acids is 1. The van der Waals surface area contributed by atoms with Crippen molar-refractivity contribution < 1.29 is 31.1 Å². The molecule has 2 aromatic carbocycles. The minimum atomic E-state index is -0.822. The van der Waals surface area contributed by atoms with E-state index in [0.717, 1.165) is 11.1 Å². The fraction of sp³-hybridized carbons (Fsp3) is 0.316. The minimum Gasteiger partial charge on any atom is -0.478 e. The third-order valence-electron chi connectivity index (χ3n) is 3.86. The summed E-state index contributed by atoms with van der Waals surface area (Å²) in [7, 11) is 0. The molecule has 22 heavy (non-hydrogen) atoms. The Kier molecular flexibility index (Phi) is 4.95. The van der Waals surface area contributed by atoms with Crippen molar-refractivity contribution in [3.63, 3.8) is 0 Å². The van der Waals surface area contributed by atoms with E-state index in [2.05, 4.69) is 39.8 Å². The van der Waals surface area contributed by atoms with E-state index >= 15 is 0 Å². The van der Waals surface area contributed by atoms with E-state index in [-0.39, 0.29) is 21.2 Å². The van der Waals surface area contributed by atoms with Crippen LogP contribution in [0.1, 0.15) is 43.7 Å². The van der Waals surface area contributed by atoms with Gasteiger partial charge in [0.05, 0.1) is 5.56 Å². The van der Waals surface area contributed by atoms with Crippen LogP contribution in [-0.4, -0.2) is 11.1 Å². The Balaban J connectivity index is 2.60. The molecular weight excluding hydrogens is 387 g/mol. The van der Waals surface area contributed by atoms with E-state index in [1.807, 2.05) is 19.9 Å². The number of hydrogen-bond donors (Lipinski definition) is 1. The van der Waals surface area contributed by atoms with Crippen molar-refractivity contribution in [2.75, 3.05) is 0 Å². The Labute approximate surface area is 142 Å². The van der Waals surface area contributed by atoms with Crippen molar-refractivity contribution in [3.05, 3.63) is 64.3 Å². The second-order valence-corrected chi connectivity index (χ2v) is 8.63. The number of benzene rings is 2. The number of rotatable bonds is 3. The van der Waals surface area contributed by atoms with Gasteiger partial charge in [0.15, 0.2) is 3.57 Å². The highest BCUT2D eigenvalue weighted by atomic mass is 127. The summed E-state index contributed by atoms with van der Waals surface area (Å²) in [6.07, 6.45) is 0. The lowest BCUT2D eigenvalue weighted by Crippen LogP contribution is -3.62. The number of carboxylic acid groups (broad SMARTS) is 1. The number of aryl methyl sites for hydroxylation is 5. The first-order valence-corrected chi connectivity index (χ1v) is 9.45. The van der Waals surface area contributed by atoms with Crippen LogP contribution >= 0.6 is 0 Å². The minimum absolute atomic E-state index is 0.389. The molecular formula is C19H22IO2+. The predicted octanol–water partition coefficient (Wildman–Crippen LogP) is 1.36. The molecule has 0 radical (unpaired) electrons. The topological polar surface area (TPSA) is 37.3 Å². The molecule has 0 aliphatic rings. The maximum absolute atomic E-state index is 11.5. The maximum Gasteiger partial charge on any atom is 0.359 e. The van der Waals surface area contributed by atoms with Gasteiger partial charge in [-0.3, -0.25) is 0 Å². The standard InChI is InChI=1S/C19H21IO2/c1-10-7-12(3)17(13(4)8-10)20-18-14(5)9-11(2)16(15(18)6)19(21)22/h7-9H,1-6H3/p+1. The molecule has 2 nitrogen and oxygen atoms in total. The van der Waals surface area contributed by atoms with Crippen molar-refractivity contribution in [3.8, 4) is 0 Å². The van der Waals surface area contributed by atoms with E-state index in [0.29, 0.717) is 5.56 Å². The normalized spacial score (nSPS) is 10.8. The van der Waals surface area contributed by atoms with Gasteiger partial charge in [-0.1, -0.05) is 23.8 Å². The summed E-state index contributed by atoms with van der Waals surface area (Å²) in [4.78, 5) is 11.5. The van der Waals surface area contributed by atoms with Gasteiger partial charge < -0.3 is 5.11 Å². The Morgan fingerprint density at radius 2 is 1.32 bits per heavy atom. The van der Waals surface area contributed by atoms with Crippen molar-refractivity contribution in [1.29, 1.82) is 0 Å². The monoisotopic (exact) mass is 409 g/mol. The quantitative estimate of drug-likeness (QED) is 0.778. The van der Waals surface area contributed by atoms with Gasteiger partial charge in [-0.05, 0) is 47.1 Å². The molecule has 0 unspecified atom stereocenters. The largest absolute Gasteiger partial charge is 0.478 e. The fourth-order valence-electron chi connectivity index (χ4n) is 3.04. The first kappa shape index (κ1) is 17.0. The van der Waals surface area contributed by atoms with Crippen molar-refractivity contribution in [1.82, 2.24) is 0 Å². The summed E-state index contributed by atoms with van der Waals surface area (Å²) in [5.41, 5.74) is 7.41. The summed E-state index contributed by atoms with van der Waals surface area (Å²) in [5, 5.41) is 9.49. The van der Waals surface area contributed by atoms with E-state index in [4.69, 9.17) is 0 Å². The number of hydrogen-bond acceptors (Lipinski definition) is 1. The van der Waals surface area contributed by atoms with Crippen LogP contribution in [0.4, 0.5) is 0 Å². The number of carbonyl (C=O) groups is 1. The van der Waals surface area contributed by atoms with Gasteiger partial charge in [-0.15, -0.1) is 0 Å². The van der Waals surface area contributed by atoms with Gasteiger partial charge >= 0.3 is 27.2 Å². The van der Waals surface area contributed by atoms with Crippen LogP contribution in [0.5, 0.6) is 0 Å². The highest BCUT2D eigenvalue weighted by Crippen LogP contribution is 2.17. The van der Waals surface area contributed by atoms with Crippen LogP contribution in [-0.2, 0) is 0 Å². The molecule has 0 saturated heterocycles. The Morgan fingerprint density at radius 1 is 0.818 bits per heavy atom. The first-order chi connectivity index (χ1) is 10.2. The summed E-state index contributed by atoms with van der Waals surface area (Å²) in [5.74, 6) is -0.822. The number of halogens is 1. The maximum atomic E-state index is 11.5. The van der Waals surface area contributed by atoms with Crippen LogP contribution in [0.25, 0.3) is 0 Å². The Morgan fingerprint density at radius 3 is 1.82 bits per heavy atom. The van der Waals surface area contributed by atoms with Crippen LogP contribution in [0.15, 0.2) is 18.2 Å². The summed E-state index contributed by atoms with van der Waals surface area (Å²) in [6, 6.07) is 6.46. The van der Waals surface area contributed by atoms with Crippen molar-refractivity contribution >= 4 is 5.97 Å². The third kappa shape index (κ3) is 3.19. The lowest BCUT2D eigenvalue weighted by Gasteiger charge is -2.08. The molecule has 0 saturated carbocycles. The highest BCUT2D eigenvalue weighted by Gasteiger charge is 2.29. The van der Waals surface area contributed by atoms with Crippen LogP contribution in [0.2, 0.25) is 0 Å². The second-order valence-electron chi connectivity index (χ2n) is 5.94. The molecule has 0 aromatic heterocycles. The van der Waals surface area contributed by atoms with Gasteiger partial charge in [0.25, 0.3) is 0 Å². The van der Waals surface area contributed by atoms with E-state index < -0.39 is 5.97 Å². The third-order valence-corrected chi connectivity index (χ3v) is 8.30. The zero-order valence-electron chi connectivity index (χ0n) is 14.0. The highest BCUT2D eigenvalue weighted by molar-refractivity contribution is 5.91. The molecule has 0 heterocycles. The summed E-state index contributed by atoms with van der Waals surface area (Å²) < 4.78 is 2.66. The molecule has 1 N–H and O–H groups in total. The second kappa shape index (κ2) is 6.41. The molecule has 0 atom stereocenters. The van der Waals surface area contributed by atoms with E-state index in [1.54, 1.807) is 0 Å².